The Labute approximate surface area is 192 Å². The second-order valence-electron chi connectivity index (χ2n) is 7.96. The normalized spacial score (nSPS) is 10.1. The van der Waals surface area contributed by atoms with Crippen molar-refractivity contribution in [3.05, 3.63) is 94.5 Å². The molecule has 0 N–H and O–H groups in total. The molecule has 0 aliphatic heterocycles. The van der Waals surface area contributed by atoms with E-state index in [0.717, 1.165) is 0 Å². The number of hydrogen-bond acceptors (Lipinski definition) is 0. The van der Waals surface area contributed by atoms with Crippen LogP contribution in [-0.4, -0.2) is 5.43 Å². The van der Waals surface area contributed by atoms with E-state index in [0.29, 0.717) is 0 Å². The van der Waals surface area contributed by atoms with Gasteiger partial charge in [-0.05, 0) is 6.92 Å². The predicted molar refractivity (Wildman–Crippen MR) is 128 cm³/mol. The third-order valence-electron chi connectivity index (χ3n) is 5.19. The van der Waals surface area contributed by atoms with E-state index in [9.17, 15) is 0 Å². The van der Waals surface area contributed by atoms with Crippen LogP contribution in [0.4, 0.5) is 0 Å². The van der Waals surface area contributed by atoms with Crippen molar-refractivity contribution in [2.24, 2.45) is 0 Å². The molecule has 0 radical (unpaired) electrons. The molecular formula is C27H32SiZr. The zero-order valence-corrected chi connectivity index (χ0v) is 22.3. The van der Waals surface area contributed by atoms with Gasteiger partial charge in [-0.1, -0.05) is 69.2 Å². The standard InChI is InChI=1S/C16H13.C9H13.C2H6Si.Zr/c1-12-5-4-7-14(11-12)16-10-9-13-6-2-3-8-15(13)16;1-6-5-7(2)9(4)8(6)3;1-3-2;/h2-11H,1H3;5H,1-4H3;1-2H3;/q2*-1;;+2. The van der Waals surface area contributed by atoms with Crippen molar-refractivity contribution in [2.75, 3.05) is 0 Å². The first kappa shape index (κ1) is 23.8. The smallest absolute Gasteiger partial charge is 0.0398 e. The van der Waals surface area contributed by atoms with Gasteiger partial charge in [-0.3, -0.25) is 0 Å². The topological polar surface area (TPSA) is 0 Å². The van der Waals surface area contributed by atoms with Crippen molar-refractivity contribution in [2.45, 2.75) is 47.7 Å². The summed E-state index contributed by atoms with van der Waals surface area (Å²) in [7, 11) is 0. The van der Waals surface area contributed by atoms with Crippen LogP contribution >= 0.6 is 0 Å². The molecule has 0 bridgehead atoms. The quantitative estimate of drug-likeness (QED) is 0.193. The number of aryl methyl sites for hydroxylation is 3. The fraction of sp³-hybridized carbons (Fsp3) is 0.259. The van der Waals surface area contributed by atoms with Crippen LogP contribution in [0.15, 0.2) is 66.7 Å². The van der Waals surface area contributed by atoms with Gasteiger partial charge in [0, 0.05) is 0 Å². The van der Waals surface area contributed by atoms with Crippen LogP contribution in [0.5, 0.6) is 0 Å². The predicted octanol–water partition coefficient (Wildman–Crippen LogP) is 7.96. The van der Waals surface area contributed by atoms with Gasteiger partial charge in [0.15, 0.2) is 0 Å². The van der Waals surface area contributed by atoms with Gasteiger partial charge in [0.1, 0.15) is 0 Å². The number of rotatable bonds is 1. The molecule has 4 aromatic carbocycles. The molecule has 0 saturated heterocycles. The summed E-state index contributed by atoms with van der Waals surface area (Å²) in [6, 6.07) is 23.8. The Bertz CT molecular complexity index is 1070. The maximum absolute atomic E-state index is 2.31. The minimum atomic E-state index is 0.210. The molecule has 0 saturated carbocycles. The van der Waals surface area contributed by atoms with E-state index in [2.05, 4.69) is 114 Å². The first-order valence-corrected chi connectivity index (χ1v) is 16.3. The van der Waals surface area contributed by atoms with Crippen LogP contribution < -0.4 is 0 Å². The van der Waals surface area contributed by atoms with Crippen LogP contribution in [0.25, 0.3) is 21.9 Å². The first-order chi connectivity index (χ1) is 13.7. The zero-order chi connectivity index (χ0) is 21.6. The van der Waals surface area contributed by atoms with E-state index in [-0.39, 0.29) is 5.43 Å². The van der Waals surface area contributed by atoms with Gasteiger partial charge < -0.3 is 0 Å². The van der Waals surface area contributed by atoms with Crippen LogP contribution in [-0.2, 0) is 23.3 Å². The molecule has 0 atom stereocenters. The molecule has 4 rings (SSSR count). The molecule has 0 unspecified atom stereocenters. The molecule has 2 heteroatoms. The van der Waals surface area contributed by atoms with Crippen molar-refractivity contribution >= 4 is 16.2 Å². The minimum Gasteiger partial charge on any atom is -0.196 e. The first-order valence-electron chi connectivity index (χ1n) is 10.1. The Balaban J connectivity index is 0.000000195. The number of hydrogen-bond donors (Lipinski definition) is 0. The second-order valence-corrected chi connectivity index (χ2v) is 17.3. The van der Waals surface area contributed by atoms with Gasteiger partial charge in [-0.25, -0.2) is 0 Å². The van der Waals surface area contributed by atoms with Crippen molar-refractivity contribution in [1.29, 1.82) is 0 Å². The zero-order valence-electron chi connectivity index (χ0n) is 18.9. The second kappa shape index (κ2) is 11.0. The molecule has 0 fully saturated rings. The molecule has 0 spiro atoms. The van der Waals surface area contributed by atoms with Gasteiger partial charge in [0.2, 0.25) is 0 Å². The Morgan fingerprint density at radius 3 is 1.90 bits per heavy atom. The van der Waals surface area contributed by atoms with Gasteiger partial charge in [-0.2, -0.15) is 28.3 Å². The van der Waals surface area contributed by atoms with Crippen molar-refractivity contribution < 1.29 is 23.3 Å². The van der Waals surface area contributed by atoms with Crippen LogP contribution in [0.1, 0.15) is 27.8 Å². The van der Waals surface area contributed by atoms with Gasteiger partial charge in [0.25, 0.3) is 0 Å². The van der Waals surface area contributed by atoms with E-state index >= 15 is 0 Å². The number of benzene rings is 2. The molecule has 0 amide bonds. The van der Waals surface area contributed by atoms with E-state index in [1.165, 1.54) is 49.7 Å². The number of fused-ring (bicyclic) bond motifs is 1. The monoisotopic (exact) mass is 474 g/mol. The van der Waals surface area contributed by atoms with Crippen LogP contribution in [0.3, 0.4) is 0 Å². The summed E-state index contributed by atoms with van der Waals surface area (Å²) in [6.07, 6.45) is 0. The van der Waals surface area contributed by atoms with Crippen molar-refractivity contribution in [3.63, 3.8) is 0 Å². The summed E-state index contributed by atoms with van der Waals surface area (Å²) in [4.78, 5) is 0. The summed E-state index contributed by atoms with van der Waals surface area (Å²) >= 11 is 1.74. The fourth-order valence-electron chi connectivity index (χ4n) is 3.35. The summed E-state index contributed by atoms with van der Waals surface area (Å²) in [5, 5.41) is 2.66. The molecule has 0 heterocycles. The molecule has 0 aromatic heterocycles. The largest absolute Gasteiger partial charge is 0.196 e. The van der Waals surface area contributed by atoms with Crippen LogP contribution in [0.2, 0.25) is 13.1 Å². The van der Waals surface area contributed by atoms with Gasteiger partial charge in [-0.15, -0.1) is 46.7 Å². The molecule has 29 heavy (non-hydrogen) atoms. The minimum absolute atomic E-state index is 0.210. The van der Waals surface area contributed by atoms with Crippen LogP contribution in [0, 0.1) is 34.6 Å². The maximum atomic E-state index is 2.31. The third-order valence-corrected chi connectivity index (χ3v) is 5.19. The molecule has 4 aromatic rings. The average Bonchev–Trinajstić information content (AvgIpc) is 3.19. The van der Waals surface area contributed by atoms with E-state index < -0.39 is 0 Å². The Kier molecular flexibility index (Phi) is 9.05. The molecular weight excluding hydrogens is 444 g/mol. The molecule has 0 aliphatic carbocycles. The fourth-order valence-corrected chi connectivity index (χ4v) is 3.35. The molecule has 0 nitrogen and oxygen atoms in total. The Morgan fingerprint density at radius 1 is 0.793 bits per heavy atom. The van der Waals surface area contributed by atoms with Crippen molar-refractivity contribution in [3.8, 4) is 11.1 Å². The Morgan fingerprint density at radius 2 is 1.38 bits per heavy atom. The SMILES string of the molecule is C[Si](C)=[Zr+2].Cc1[cH-]c(C)c(C)c1C.Cc1cccc(-c2c[cH-]c3ccccc23)c1. The van der Waals surface area contributed by atoms with E-state index in [1.807, 2.05) is 0 Å². The van der Waals surface area contributed by atoms with Crippen molar-refractivity contribution in [1.82, 2.24) is 0 Å². The maximum Gasteiger partial charge on any atom is -0.0398 e. The summed E-state index contributed by atoms with van der Waals surface area (Å²) in [5.74, 6) is 0. The van der Waals surface area contributed by atoms with Gasteiger partial charge in [0.05, 0.1) is 0 Å². The van der Waals surface area contributed by atoms with E-state index in [4.69, 9.17) is 0 Å². The average molecular weight is 476 g/mol. The third kappa shape index (κ3) is 6.76. The Hall–Kier alpha value is -1.50. The summed E-state index contributed by atoms with van der Waals surface area (Å²) in [6.45, 7) is 15.4. The van der Waals surface area contributed by atoms with Gasteiger partial charge >= 0.3 is 41.9 Å². The molecule has 0 aliphatic rings. The summed E-state index contributed by atoms with van der Waals surface area (Å²) < 4.78 is 0. The summed E-state index contributed by atoms with van der Waals surface area (Å²) in [5.41, 5.74) is 9.90. The molecule has 148 valence electrons. The van der Waals surface area contributed by atoms with E-state index in [1.54, 1.807) is 23.3 Å².